The van der Waals surface area contributed by atoms with Gasteiger partial charge in [0, 0.05) is 24.6 Å². The Morgan fingerprint density at radius 1 is 1.29 bits per heavy atom. The minimum absolute atomic E-state index is 0.322. The third-order valence-corrected chi connectivity index (χ3v) is 3.33. The average Bonchev–Trinajstić information content (AvgIpc) is 2.89. The van der Waals surface area contributed by atoms with Crippen molar-refractivity contribution in [3.63, 3.8) is 0 Å². The first kappa shape index (κ1) is 15.6. The summed E-state index contributed by atoms with van der Waals surface area (Å²) >= 11 is 0. The number of rotatable bonds is 7. The number of halogens is 2. The van der Waals surface area contributed by atoms with Crippen molar-refractivity contribution >= 4 is 0 Å². The summed E-state index contributed by atoms with van der Waals surface area (Å²) in [5.74, 6) is -0.859. The molecule has 2 rings (SSSR count). The van der Waals surface area contributed by atoms with Gasteiger partial charge in [0.2, 0.25) is 0 Å². The molecular formula is C15H20F2N4. The number of aromatic nitrogens is 3. The zero-order valence-corrected chi connectivity index (χ0v) is 12.3. The maximum absolute atomic E-state index is 14.0. The van der Waals surface area contributed by atoms with Crippen molar-refractivity contribution in [2.45, 2.75) is 39.3 Å². The summed E-state index contributed by atoms with van der Waals surface area (Å²) in [6.07, 6.45) is 2.90. The summed E-state index contributed by atoms with van der Waals surface area (Å²) in [6.45, 7) is 5.41. The van der Waals surface area contributed by atoms with E-state index in [9.17, 15) is 8.78 Å². The first-order valence-corrected chi connectivity index (χ1v) is 7.21. The van der Waals surface area contributed by atoms with Crippen molar-refractivity contribution in [3.8, 4) is 0 Å². The lowest BCUT2D eigenvalue weighted by Crippen LogP contribution is -2.25. The summed E-state index contributed by atoms with van der Waals surface area (Å²) in [5.41, 5.74) is 0.322. The van der Waals surface area contributed by atoms with Gasteiger partial charge in [-0.3, -0.25) is 4.68 Å². The van der Waals surface area contributed by atoms with E-state index in [-0.39, 0.29) is 6.04 Å². The Hall–Kier alpha value is -1.82. The SMILES string of the molecule is CCCn1ncnc1CC(NCC)c1cccc(F)c1F. The number of hydrogen-bond donors (Lipinski definition) is 1. The zero-order valence-electron chi connectivity index (χ0n) is 12.3. The second-order valence-electron chi connectivity index (χ2n) is 4.86. The van der Waals surface area contributed by atoms with E-state index in [0.29, 0.717) is 18.5 Å². The summed E-state index contributed by atoms with van der Waals surface area (Å²) in [6, 6.07) is 3.92. The maximum atomic E-state index is 14.0. The molecule has 21 heavy (non-hydrogen) atoms. The molecule has 0 radical (unpaired) electrons. The molecule has 0 aliphatic heterocycles. The molecule has 6 heteroatoms. The third kappa shape index (κ3) is 3.64. The van der Waals surface area contributed by atoms with E-state index >= 15 is 0 Å². The van der Waals surface area contributed by atoms with E-state index < -0.39 is 11.6 Å². The summed E-state index contributed by atoms with van der Waals surface area (Å²) in [5, 5.41) is 7.35. The van der Waals surface area contributed by atoms with E-state index in [1.165, 1.54) is 12.4 Å². The second-order valence-corrected chi connectivity index (χ2v) is 4.86. The molecule has 0 spiro atoms. The normalized spacial score (nSPS) is 12.6. The Labute approximate surface area is 123 Å². The quantitative estimate of drug-likeness (QED) is 0.854. The summed E-state index contributed by atoms with van der Waals surface area (Å²) in [7, 11) is 0. The van der Waals surface area contributed by atoms with Gasteiger partial charge in [0.15, 0.2) is 11.6 Å². The van der Waals surface area contributed by atoms with Crippen LogP contribution in [0.1, 0.15) is 37.7 Å². The van der Waals surface area contributed by atoms with Gasteiger partial charge in [-0.05, 0) is 19.0 Å². The van der Waals surface area contributed by atoms with E-state index in [1.807, 2.05) is 11.6 Å². The molecule has 1 heterocycles. The van der Waals surface area contributed by atoms with Gasteiger partial charge in [0.1, 0.15) is 12.2 Å². The molecule has 0 bridgehead atoms. The maximum Gasteiger partial charge on any atom is 0.163 e. The Morgan fingerprint density at radius 2 is 2.10 bits per heavy atom. The Kier molecular flexibility index (Phi) is 5.38. The van der Waals surface area contributed by atoms with Crippen LogP contribution >= 0.6 is 0 Å². The van der Waals surface area contributed by atoms with Crippen LogP contribution in [0, 0.1) is 11.6 Å². The highest BCUT2D eigenvalue weighted by atomic mass is 19.2. The van der Waals surface area contributed by atoms with E-state index in [0.717, 1.165) is 24.9 Å². The molecule has 1 N–H and O–H groups in total. The lowest BCUT2D eigenvalue weighted by Gasteiger charge is -2.19. The van der Waals surface area contributed by atoms with Crippen LogP contribution in [0.25, 0.3) is 0 Å². The molecule has 0 saturated heterocycles. The van der Waals surface area contributed by atoms with Gasteiger partial charge in [0.05, 0.1) is 0 Å². The molecular weight excluding hydrogens is 274 g/mol. The number of aryl methyl sites for hydroxylation is 1. The van der Waals surface area contributed by atoms with Crippen molar-refractivity contribution in [3.05, 3.63) is 47.5 Å². The molecule has 1 aromatic heterocycles. The number of likely N-dealkylation sites (N-methyl/N-ethyl adjacent to an activating group) is 1. The molecule has 1 unspecified atom stereocenters. The monoisotopic (exact) mass is 294 g/mol. The van der Waals surface area contributed by atoms with Gasteiger partial charge >= 0.3 is 0 Å². The Bertz CT molecular complexity index is 583. The van der Waals surface area contributed by atoms with Gasteiger partial charge in [-0.25, -0.2) is 13.8 Å². The molecule has 0 aliphatic carbocycles. The van der Waals surface area contributed by atoms with Gasteiger partial charge in [0.25, 0.3) is 0 Å². The van der Waals surface area contributed by atoms with Crippen LogP contribution in [0.3, 0.4) is 0 Å². The molecule has 0 aliphatic rings. The lowest BCUT2D eigenvalue weighted by atomic mass is 10.0. The highest BCUT2D eigenvalue weighted by Gasteiger charge is 2.20. The van der Waals surface area contributed by atoms with Crippen LogP contribution in [0.5, 0.6) is 0 Å². The van der Waals surface area contributed by atoms with Crippen LogP contribution < -0.4 is 5.32 Å². The fourth-order valence-corrected chi connectivity index (χ4v) is 2.36. The van der Waals surface area contributed by atoms with Crippen molar-refractivity contribution in [1.29, 1.82) is 0 Å². The smallest absolute Gasteiger partial charge is 0.163 e. The van der Waals surface area contributed by atoms with Crippen molar-refractivity contribution in [2.75, 3.05) is 6.54 Å². The standard InChI is InChI=1S/C15H20F2N4/c1-3-8-21-14(19-10-20-21)9-13(18-4-2)11-6-5-7-12(16)15(11)17/h5-7,10,13,18H,3-4,8-9H2,1-2H3. The van der Waals surface area contributed by atoms with Crippen LogP contribution in [0.2, 0.25) is 0 Å². The zero-order chi connectivity index (χ0) is 15.2. The average molecular weight is 294 g/mol. The highest BCUT2D eigenvalue weighted by molar-refractivity contribution is 5.23. The molecule has 114 valence electrons. The van der Waals surface area contributed by atoms with Crippen LogP contribution in [0.4, 0.5) is 8.78 Å². The minimum atomic E-state index is -0.828. The van der Waals surface area contributed by atoms with Gasteiger partial charge in [-0.1, -0.05) is 26.0 Å². The predicted molar refractivity (Wildman–Crippen MR) is 76.8 cm³/mol. The van der Waals surface area contributed by atoms with Crippen LogP contribution in [-0.4, -0.2) is 21.3 Å². The topological polar surface area (TPSA) is 42.7 Å². The van der Waals surface area contributed by atoms with E-state index in [1.54, 1.807) is 6.07 Å². The van der Waals surface area contributed by atoms with E-state index in [4.69, 9.17) is 0 Å². The molecule has 1 atom stereocenters. The summed E-state index contributed by atoms with van der Waals surface area (Å²) in [4.78, 5) is 4.23. The Balaban J connectivity index is 2.26. The number of nitrogens with one attached hydrogen (secondary N) is 1. The van der Waals surface area contributed by atoms with Gasteiger partial charge < -0.3 is 5.32 Å². The van der Waals surface area contributed by atoms with Crippen LogP contribution in [0.15, 0.2) is 24.5 Å². The van der Waals surface area contributed by atoms with E-state index in [2.05, 4.69) is 22.3 Å². The predicted octanol–water partition coefficient (Wildman–Crippen LogP) is 2.86. The largest absolute Gasteiger partial charge is 0.310 e. The minimum Gasteiger partial charge on any atom is -0.310 e. The van der Waals surface area contributed by atoms with Crippen molar-refractivity contribution in [1.82, 2.24) is 20.1 Å². The second kappa shape index (κ2) is 7.26. The molecule has 0 saturated carbocycles. The molecule has 0 fully saturated rings. The molecule has 4 nitrogen and oxygen atoms in total. The van der Waals surface area contributed by atoms with Crippen molar-refractivity contribution in [2.24, 2.45) is 0 Å². The fraction of sp³-hybridized carbons (Fsp3) is 0.467. The van der Waals surface area contributed by atoms with Gasteiger partial charge in [-0.15, -0.1) is 0 Å². The molecule has 2 aromatic rings. The highest BCUT2D eigenvalue weighted by Crippen LogP contribution is 2.22. The summed E-state index contributed by atoms with van der Waals surface area (Å²) < 4.78 is 29.2. The Morgan fingerprint density at radius 3 is 2.81 bits per heavy atom. The first-order valence-electron chi connectivity index (χ1n) is 7.21. The van der Waals surface area contributed by atoms with Crippen LogP contribution in [-0.2, 0) is 13.0 Å². The van der Waals surface area contributed by atoms with Crippen molar-refractivity contribution < 1.29 is 8.78 Å². The number of benzene rings is 1. The fourth-order valence-electron chi connectivity index (χ4n) is 2.36. The number of hydrogen-bond acceptors (Lipinski definition) is 3. The lowest BCUT2D eigenvalue weighted by molar-refractivity contribution is 0.451. The van der Waals surface area contributed by atoms with Gasteiger partial charge in [-0.2, -0.15) is 5.10 Å². The third-order valence-electron chi connectivity index (χ3n) is 3.33. The molecule has 0 amide bonds. The first-order chi connectivity index (χ1) is 10.2. The number of nitrogens with zero attached hydrogens (tertiary/aromatic N) is 3. The molecule has 1 aromatic carbocycles.